The number of hydrogen-bond acceptors (Lipinski definition) is 7. The monoisotopic (exact) mass is 442 g/mol. The Hall–Kier alpha value is -1.48. The molecular weight excluding hydrogens is 404 g/mol. The molecule has 8 heteroatoms. The van der Waals surface area contributed by atoms with Gasteiger partial charge in [0.05, 0.1) is 31.5 Å². The summed E-state index contributed by atoms with van der Waals surface area (Å²) in [6, 6.07) is 0. The highest BCUT2D eigenvalue weighted by molar-refractivity contribution is 5.91. The van der Waals surface area contributed by atoms with Gasteiger partial charge >= 0.3 is 11.9 Å². The zero-order chi connectivity index (χ0) is 23.2. The maximum absolute atomic E-state index is 13.0. The van der Waals surface area contributed by atoms with Crippen molar-refractivity contribution in [1.29, 1.82) is 0 Å². The Morgan fingerprint density at radius 1 is 1.23 bits per heavy atom. The van der Waals surface area contributed by atoms with Crippen LogP contribution in [0.1, 0.15) is 60.3 Å². The van der Waals surface area contributed by atoms with E-state index in [0.717, 1.165) is 12.8 Å². The van der Waals surface area contributed by atoms with Gasteiger partial charge in [-0.2, -0.15) is 0 Å². The molecule has 0 radical (unpaired) electrons. The molecule has 1 fully saturated rings. The number of carboxylic acids is 1. The summed E-state index contributed by atoms with van der Waals surface area (Å²) in [5.41, 5.74) is -1.51. The summed E-state index contributed by atoms with van der Waals surface area (Å²) in [6.45, 7) is 10.1. The van der Waals surface area contributed by atoms with E-state index in [1.807, 2.05) is 13.8 Å². The lowest BCUT2D eigenvalue weighted by Gasteiger charge is -2.43. The quantitative estimate of drug-likeness (QED) is 0.279. The van der Waals surface area contributed by atoms with E-state index in [9.17, 15) is 14.7 Å². The van der Waals surface area contributed by atoms with Gasteiger partial charge in [0.1, 0.15) is 17.8 Å². The minimum absolute atomic E-state index is 0.0845. The molecule has 0 aliphatic heterocycles. The Kier molecular flexibility index (Phi) is 9.06. The Labute approximate surface area is 185 Å². The number of esters is 1. The Bertz CT molecular complexity index is 648. The third-order valence-electron chi connectivity index (χ3n) is 6.03. The van der Waals surface area contributed by atoms with E-state index in [-0.39, 0.29) is 12.9 Å². The molecule has 31 heavy (non-hydrogen) atoms. The number of rotatable bonds is 12. The predicted molar refractivity (Wildman–Crippen MR) is 114 cm³/mol. The van der Waals surface area contributed by atoms with Gasteiger partial charge < -0.3 is 28.8 Å². The highest BCUT2D eigenvalue weighted by Crippen LogP contribution is 2.54. The van der Waals surface area contributed by atoms with Crippen molar-refractivity contribution < 1.29 is 38.4 Å². The fourth-order valence-corrected chi connectivity index (χ4v) is 4.45. The van der Waals surface area contributed by atoms with Crippen LogP contribution in [0.15, 0.2) is 11.6 Å². The van der Waals surface area contributed by atoms with Crippen molar-refractivity contribution in [2.75, 3.05) is 27.1 Å². The normalized spacial score (nSPS) is 28.0. The van der Waals surface area contributed by atoms with Crippen LogP contribution in [0.4, 0.5) is 0 Å². The first-order valence-electron chi connectivity index (χ1n) is 11.1. The van der Waals surface area contributed by atoms with Gasteiger partial charge in [-0.25, -0.2) is 4.79 Å². The van der Waals surface area contributed by atoms with Gasteiger partial charge in [-0.1, -0.05) is 13.8 Å². The molecule has 0 aromatic heterocycles. The zero-order valence-electron chi connectivity index (χ0n) is 19.6. The van der Waals surface area contributed by atoms with Gasteiger partial charge in [0.15, 0.2) is 0 Å². The molecule has 2 rings (SSSR count). The fourth-order valence-electron chi connectivity index (χ4n) is 4.45. The van der Waals surface area contributed by atoms with Crippen LogP contribution in [0.2, 0.25) is 0 Å². The molecule has 1 N–H and O–H groups in total. The maximum Gasteiger partial charge on any atom is 0.334 e. The number of aliphatic carboxylic acids is 1. The number of fused-ring (bicyclic) bond motifs is 2. The van der Waals surface area contributed by atoms with Gasteiger partial charge in [-0.3, -0.25) is 4.79 Å². The van der Waals surface area contributed by atoms with E-state index in [0.29, 0.717) is 31.6 Å². The first-order valence-corrected chi connectivity index (χ1v) is 11.1. The summed E-state index contributed by atoms with van der Waals surface area (Å²) >= 11 is 0. The predicted octanol–water partition coefficient (Wildman–Crippen LogP) is 3.33. The highest BCUT2D eigenvalue weighted by Gasteiger charge is 2.64. The molecule has 2 aliphatic rings. The summed E-state index contributed by atoms with van der Waals surface area (Å²) in [5, 5.41) is 10.3. The van der Waals surface area contributed by atoms with Crippen LogP contribution < -0.4 is 0 Å². The van der Waals surface area contributed by atoms with E-state index in [1.165, 1.54) is 0 Å². The minimum Gasteiger partial charge on any atom is -0.481 e. The van der Waals surface area contributed by atoms with Crippen molar-refractivity contribution in [2.24, 2.45) is 11.3 Å². The zero-order valence-corrected chi connectivity index (χ0v) is 19.6. The fraction of sp³-hybridized carbons (Fsp3) is 0.826. The van der Waals surface area contributed by atoms with Crippen molar-refractivity contribution in [3.63, 3.8) is 0 Å². The number of carbonyl (C=O) groups excluding carboxylic acids is 1. The van der Waals surface area contributed by atoms with E-state index >= 15 is 0 Å². The second-order valence-electron chi connectivity index (χ2n) is 9.22. The molecule has 4 atom stereocenters. The molecule has 0 amide bonds. The number of ether oxygens (including phenoxy) is 5. The largest absolute Gasteiger partial charge is 0.481 e. The topological polar surface area (TPSA) is 101 Å². The van der Waals surface area contributed by atoms with Crippen molar-refractivity contribution >= 4 is 11.9 Å². The summed E-state index contributed by atoms with van der Waals surface area (Å²) in [5.74, 6) is -1.82. The average Bonchev–Trinajstić information content (AvgIpc) is 2.98. The minimum atomic E-state index is -1.27. The molecule has 1 saturated carbocycles. The Balaban J connectivity index is 2.38. The molecule has 178 valence electrons. The highest BCUT2D eigenvalue weighted by atomic mass is 16.7. The van der Waals surface area contributed by atoms with Crippen LogP contribution in [-0.2, 0) is 33.3 Å². The summed E-state index contributed by atoms with van der Waals surface area (Å²) < 4.78 is 28.3. The van der Waals surface area contributed by atoms with Crippen molar-refractivity contribution in [3.05, 3.63) is 11.6 Å². The lowest BCUT2D eigenvalue weighted by atomic mass is 9.71. The van der Waals surface area contributed by atoms with Gasteiger partial charge in [-0.05, 0) is 52.5 Å². The summed E-state index contributed by atoms with van der Waals surface area (Å²) in [4.78, 5) is 25.6. The number of carboxylic acid groups (broad SMARTS) is 1. The van der Waals surface area contributed by atoms with Crippen LogP contribution in [0, 0.1) is 11.3 Å². The third kappa shape index (κ3) is 5.86. The van der Waals surface area contributed by atoms with E-state index in [2.05, 4.69) is 0 Å². The van der Waals surface area contributed by atoms with E-state index < -0.39 is 41.1 Å². The first-order chi connectivity index (χ1) is 14.6. The van der Waals surface area contributed by atoms with Crippen LogP contribution >= 0.6 is 0 Å². The third-order valence-corrected chi connectivity index (χ3v) is 6.03. The standard InChI is InChI=1S/C23H38O8/c1-7-15(8-2)30-18-13-17(20(24)31-22(3,4)5)16-9-10-23(18,21(25)26)19(16)29-14-28-12-11-27-6/h13,15-16,18-19H,7-12,14H2,1-6H3,(H,25,26)/t16-,18+,19-,23-/m0/s1. The second-order valence-corrected chi connectivity index (χ2v) is 9.22. The van der Waals surface area contributed by atoms with Gasteiger partial charge in [-0.15, -0.1) is 0 Å². The number of hydrogen-bond donors (Lipinski definition) is 1. The molecule has 8 nitrogen and oxygen atoms in total. The summed E-state index contributed by atoms with van der Waals surface area (Å²) in [6.07, 6.45) is 2.35. The van der Waals surface area contributed by atoms with Crippen LogP contribution in [-0.4, -0.2) is 68.1 Å². The Morgan fingerprint density at radius 3 is 2.45 bits per heavy atom. The van der Waals surface area contributed by atoms with Crippen molar-refractivity contribution in [2.45, 2.75) is 84.2 Å². The second kappa shape index (κ2) is 10.9. The first kappa shape index (κ1) is 25.8. The average molecular weight is 443 g/mol. The van der Waals surface area contributed by atoms with Crippen LogP contribution in [0.3, 0.4) is 0 Å². The van der Waals surface area contributed by atoms with Crippen LogP contribution in [0.5, 0.6) is 0 Å². The number of methoxy groups -OCH3 is 1. The van der Waals surface area contributed by atoms with E-state index in [4.69, 9.17) is 23.7 Å². The molecule has 2 bridgehead atoms. The van der Waals surface area contributed by atoms with Gasteiger partial charge in [0, 0.05) is 18.6 Å². The van der Waals surface area contributed by atoms with Gasteiger partial charge in [0.2, 0.25) is 0 Å². The summed E-state index contributed by atoms with van der Waals surface area (Å²) in [7, 11) is 1.57. The molecule has 0 aromatic rings. The maximum atomic E-state index is 13.0. The van der Waals surface area contributed by atoms with E-state index in [1.54, 1.807) is 34.0 Å². The molecule has 0 unspecified atom stereocenters. The Morgan fingerprint density at radius 2 is 1.90 bits per heavy atom. The molecule has 2 aliphatic carbocycles. The van der Waals surface area contributed by atoms with Crippen molar-refractivity contribution in [1.82, 2.24) is 0 Å². The van der Waals surface area contributed by atoms with Gasteiger partial charge in [0.25, 0.3) is 0 Å². The smallest absolute Gasteiger partial charge is 0.334 e. The van der Waals surface area contributed by atoms with Crippen LogP contribution in [0.25, 0.3) is 0 Å². The molecule has 0 saturated heterocycles. The SMILES string of the molecule is CCC(CC)O[C@@H]1C=C(C(=O)OC(C)(C)C)[C@@H]2CC[C@@]1(C(=O)O)[C@H]2OCOCCOC. The molecule has 0 aromatic carbocycles. The molecular formula is C23H38O8. The number of carbonyl (C=O) groups is 2. The molecule has 0 heterocycles. The lowest BCUT2D eigenvalue weighted by molar-refractivity contribution is -0.195. The van der Waals surface area contributed by atoms with Crippen molar-refractivity contribution in [3.8, 4) is 0 Å². The molecule has 0 spiro atoms. The lowest BCUT2D eigenvalue weighted by Crippen LogP contribution is -2.55.